The summed E-state index contributed by atoms with van der Waals surface area (Å²) in [7, 11) is 0. The highest BCUT2D eigenvalue weighted by Gasteiger charge is 2.36. The molecule has 0 spiro atoms. The second-order valence-corrected chi connectivity index (χ2v) is 9.38. The van der Waals surface area contributed by atoms with Crippen LogP contribution in [-0.2, 0) is 9.59 Å². The maximum absolute atomic E-state index is 14.9. The molecule has 0 unspecified atom stereocenters. The molecule has 31 heavy (non-hydrogen) atoms. The van der Waals surface area contributed by atoms with E-state index < -0.39 is 29.6 Å². The molecule has 166 valence electrons. The second kappa shape index (κ2) is 10.8. The zero-order valence-corrected chi connectivity index (χ0v) is 20.2. The first-order valence-electron chi connectivity index (χ1n) is 10.2. The SMILES string of the molecule is C[C@@H]1CCCC[C@H]1NC(=O)[C@@H](c1ccccc1Cl)N(C(=O)CCl)c1ccc(Br)cc1F. The van der Waals surface area contributed by atoms with Crippen molar-refractivity contribution in [1.82, 2.24) is 5.32 Å². The largest absolute Gasteiger partial charge is 0.351 e. The van der Waals surface area contributed by atoms with Gasteiger partial charge in [-0.05, 0) is 43.0 Å². The first-order chi connectivity index (χ1) is 14.8. The van der Waals surface area contributed by atoms with Crippen LogP contribution in [0.15, 0.2) is 46.9 Å². The van der Waals surface area contributed by atoms with Gasteiger partial charge >= 0.3 is 0 Å². The average molecular weight is 530 g/mol. The molecule has 3 rings (SSSR count). The molecule has 2 aromatic carbocycles. The van der Waals surface area contributed by atoms with E-state index in [9.17, 15) is 14.0 Å². The summed E-state index contributed by atoms with van der Waals surface area (Å²) in [5, 5.41) is 3.40. The van der Waals surface area contributed by atoms with Crippen molar-refractivity contribution in [2.45, 2.75) is 44.7 Å². The number of benzene rings is 2. The summed E-state index contributed by atoms with van der Waals surface area (Å²) in [5.74, 6) is -1.76. The Morgan fingerprint density at radius 3 is 2.58 bits per heavy atom. The molecule has 2 amide bonds. The number of rotatable bonds is 6. The first-order valence-corrected chi connectivity index (χ1v) is 11.9. The smallest absolute Gasteiger partial charge is 0.248 e. The third-order valence-corrected chi connectivity index (χ3v) is 6.76. The predicted molar refractivity (Wildman–Crippen MR) is 126 cm³/mol. The molecular formula is C23H24BrCl2FN2O2. The van der Waals surface area contributed by atoms with Gasteiger partial charge in [0.1, 0.15) is 17.7 Å². The van der Waals surface area contributed by atoms with E-state index in [1.54, 1.807) is 30.3 Å². The Kier molecular flexibility index (Phi) is 8.36. The van der Waals surface area contributed by atoms with Crippen LogP contribution < -0.4 is 10.2 Å². The number of carbonyl (C=O) groups is 2. The number of hydrogen-bond acceptors (Lipinski definition) is 2. The molecule has 1 saturated carbocycles. The first kappa shape index (κ1) is 24.0. The highest BCUT2D eigenvalue weighted by atomic mass is 79.9. The van der Waals surface area contributed by atoms with Crippen LogP contribution in [0.3, 0.4) is 0 Å². The monoisotopic (exact) mass is 528 g/mol. The van der Waals surface area contributed by atoms with E-state index in [0.717, 1.165) is 30.6 Å². The molecule has 0 saturated heterocycles. The van der Waals surface area contributed by atoms with Crippen molar-refractivity contribution in [3.63, 3.8) is 0 Å². The van der Waals surface area contributed by atoms with Gasteiger partial charge in [0.25, 0.3) is 0 Å². The van der Waals surface area contributed by atoms with Gasteiger partial charge in [0.05, 0.1) is 5.69 Å². The fraction of sp³-hybridized carbons (Fsp3) is 0.391. The topological polar surface area (TPSA) is 49.4 Å². The summed E-state index contributed by atoms with van der Waals surface area (Å²) in [5.41, 5.74) is 0.372. The lowest BCUT2D eigenvalue weighted by Gasteiger charge is -2.35. The van der Waals surface area contributed by atoms with Crippen molar-refractivity contribution in [2.75, 3.05) is 10.8 Å². The lowest BCUT2D eigenvalue weighted by Crippen LogP contribution is -2.49. The molecule has 0 bridgehead atoms. The van der Waals surface area contributed by atoms with Gasteiger partial charge in [0, 0.05) is 21.1 Å². The summed E-state index contributed by atoms with van der Waals surface area (Å²) in [6, 6.07) is 9.89. The number of halogens is 4. The van der Waals surface area contributed by atoms with Gasteiger partial charge < -0.3 is 5.32 Å². The van der Waals surface area contributed by atoms with E-state index in [4.69, 9.17) is 23.2 Å². The minimum atomic E-state index is -1.16. The molecular weight excluding hydrogens is 506 g/mol. The van der Waals surface area contributed by atoms with Gasteiger partial charge in [0.15, 0.2) is 0 Å². The van der Waals surface area contributed by atoms with Crippen molar-refractivity contribution < 1.29 is 14.0 Å². The maximum Gasteiger partial charge on any atom is 0.248 e. The molecule has 1 fully saturated rings. The van der Waals surface area contributed by atoms with Gasteiger partial charge in [-0.25, -0.2) is 4.39 Å². The quantitative estimate of drug-likeness (QED) is 0.449. The third kappa shape index (κ3) is 5.60. The van der Waals surface area contributed by atoms with E-state index in [1.165, 1.54) is 12.1 Å². The molecule has 0 heterocycles. The van der Waals surface area contributed by atoms with Crippen molar-refractivity contribution >= 4 is 56.6 Å². The maximum atomic E-state index is 14.9. The number of hydrogen-bond donors (Lipinski definition) is 1. The van der Waals surface area contributed by atoms with E-state index >= 15 is 0 Å². The van der Waals surface area contributed by atoms with Crippen molar-refractivity contribution in [1.29, 1.82) is 0 Å². The summed E-state index contributed by atoms with van der Waals surface area (Å²) in [4.78, 5) is 27.6. The van der Waals surface area contributed by atoms with Crippen molar-refractivity contribution in [3.05, 3.63) is 63.3 Å². The standard InChI is InChI=1S/C23H24BrCl2FN2O2/c1-14-6-2-5-9-19(14)28-23(31)22(16-7-3-4-8-17(16)26)29(21(30)13-25)20-11-10-15(24)12-18(20)27/h3-4,7-8,10-12,14,19,22H,2,5-6,9,13H2,1H3,(H,28,31)/t14-,19-,22-/m1/s1. The lowest BCUT2D eigenvalue weighted by atomic mass is 9.85. The fourth-order valence-electron chi connectivity index (χ4n) is 4.05. The zero-order valence-electron chi connectivity index (χ0n) is 17.1. The summed E-state index contributed by atoms with van der Waals surface area (Å²) >= 11 is 15.5. The Morgan fingerprint density at radius 2 is 1.94 bits per heavy atom. The minimum Gasteiger partial charge on any atom is -0.351 e. The van der Waals surface area contributed by atoms with Crippen LogP contribution in [-0.4, -0.2) is 23.7 Å². The Morgan fingerprint density at radius 1 is 1.23 bits per heavy atom. The van der Waals surface area contributed by atoms with Crippen LogP contribution >= 0.6 is 39.1 Å². The Hall–Kier alpha value is -1.63. The molecule has 2 aromatic rings. The van der Waals surface area contributed by atoms with E-state index in [1.807, 2.05) is 0 Å². The number of carbonyl (C=O) groups excluding carboxylic acids is 2. The lowest BCUT2D eigenvalue weighted by molar-refractivity contribution is -0.126. The number of amides is 2. The van der Waals surface area contributed by atoms with Gasteiger partial charge in [-0.3, -0.25) is 14.5 Å². The number of anilines is 1. The summed E-state index contributed by atoms with van der Waals surface area (Å²) in [6.45, 7) is 2.10. The Labute approximate surface area is 200 Å². The van der Waals surface area contributed by atoms with Gasteiger partial charge in [-0.15, -0.1) is 11.6 Å². The van der Waals surface area contributed by atoms with Crippen LogP contribution in [0.25, 0.3) is 0 Å². The van der Waals surface area contributed by atoms with E-state index in [-0.39, 0.29) is 11.7 Å². The fourth-order valence-corrected chi connectivity index (χ4v) is 4.75. The van der Waals surface area contributed by atoms with E-state index in [0.29, 0.717) is 21.0 Å². The molecule has 3 atom stereocenters. The van der Waals surface area contributed by atoms with Crippen LogP contribution in [0.4, 0.5) is 10.1 Å². The normalized spacial score (nSPS) is 19.5. The molecule has 1 aliphatic rings. The number of nitrogens with one attached hydrogen (secondary N) is 1. The van der Waals surface area contributed by atoms with Crippen LogP contribution in [0.2, 0.25) is 5.02 Å². The molecule has 4 nitrogen and oxygen atoms in total. The zero-order chi connectivity index (χ0) is 22.5. The molecule has 1 aliphatic carbocycles. The third-order valence-electron chi connectivity index (χ3n) is 5.70. The van der Waals surface area contributed by atoms with Crippen LogP contribution in [0, 0.1) is 11.7 Å². The minimum absolute atomic E-state index is 0.0195. The van der Waals surface area contributed by atoms with Crippen molar-refractivity contribution in [3.8, 4) is 0 Å². The van der Waals surface area contributed by atoms with Gasteiger partial charge in [-0.1, -0.05) is 65.5 Å². The Balaban J connectivity index is 2.09. The number of alkyl halides is 1. The predicted octanol–water partition coefficient (Wildman–Crippen LogP) is 6.25. The second-order valence-electron chi connectivity index (χ2n) is 7.79. The molecule has 1 N–H and O–H groups in total. The Bertz CT molecular complexity index is 959. The highest BCUT2D eigenvalue weighted by molar-refractivity contribution is 9.10. The van der Waals surface area contributed by atoms with Crippen molar-refractivity contribution in [2.24, 2.45) is 5.92 Å². The molecule has 0 aliphatic heterocycles. The summed E-state index contributed by atoms with van der Waals surface area (Å²) < 4.78 is 15.4. The van der Waals surface area contributed by atoms with E-state index in [2.05, 4.69) is 28.2 Å². The highest BCUT2D eigenvalue weighted by Crippen LogP contribution is 2.35. The molecule has 8 heteroatoms. The van der Waals surface area contributed by atoms with Gasteiger partial charge in [0.2, 0.25) is 11.8 Å². The van der Waals surface area contributed by atoms with Crippen LogP contribution in [0.1, 0.15) is 44.2 Å². The summed E-state index contributed by atoms with van der Waals surface area (Å²) in [6.07, 6.45) is 4.03. The molecule has 0 radical (unpaired) electrons. The molecule has 0 aromatic heterocycles. The van der Waals surface area contributed by atoms with Crippen LogP contribution in [0.5, 0.6) is 0 Å². The number of nitrogens with zero attached hydrogens (tertiary/aromatic N) is 1. The van der Waals surface area contributed by atoms with Gasteiger partial charge in [-0.2, -0.15) is 0 Å². The average Bonchev–Trinajstić information content (AvgIpc) is 2.74.